The van der Waals surface area contributed by atoms with Crippen LogP contribution in [0.25, 0.3) is 0 Å². The molecule has 5 nitrogen and oxygen atoms in total. The molecule has 0 bridgehead atoms. The quantitative estimate of drug-likeness (QED) is 0.368. The summed E-state index contributed by atoms with van der Waals surface area (Å²) in [7, 11) is 0. The van der Waals surface area contributed by atoms with Crippen LogP contribution < -0.4 is 37.9 Å². The van der Waals surface area contributed by atoms with Crippen LogP contribution in [-0.4, -0.2) is 0 Å². The van der Waals surface area contributed by atoms with Gasteiger partial charge in [0.05, 0.1) is 0 Å². The molecule has 0 amide bonds. The van der Waals surface area contributed by atoms with E-state index < -0.39 is 13.6 Å². The number of hydrogen-bond donors (Lipinski definition) is 0. The molecule has 0 aliphatic carbocycles. The minimum atomic E-state index is -5.75. The summed E-state index contributed by atoms with van der Waals surface area (Å²) in [6.45, 7) is 0. The average molecular weight is 207 g/mol. The summed E-state index contributed by atoms with van der Waals surface area (Å²) < 4.78 is 34.4. The van der Waals surface area contributed by atoms with Crippen LogP contribution in [0.2, 0.25) is 0 Å². The van der Waals surface area contributed by atoms with Crippen LogP contribution in [0.15, 0.2) is 0 Å². The predicted molar refractivity (Wildman–Crippen MR) is 2.06 cm³/mol. The second-order valence-corrected chi connectivity index (χ2v) is 1.68. The van der Waals surface area contributed by atoms with Crippen molar-refractivity contribution in [2.45, 2.75) is 0 Å². The molecule has 1 radical (unpaired) electrons. The van der Waals surface area contributed by atoms with E-state index >= 15 is 0 Å². The van der Waals surface area contributed by atoms with Crippen molar-refractivity contribution in [2.24, 2.45) is 0 Å². The van der Waals surface area contributed by atoms with E-state index in [1.54, 1.807) is 0 Å². The molecule has 8 heteroatoms. The second kappa shape index (κ2) is 8.54. The summed E-state index contributed by atoms with van der Waals surface area (Å²) in [6.07, 6.45) is 0. The molecule has 0 aromatic carbocycles. The van der Waals surface area contributed by atoms with Crippen molar-refractivity contribution >= 4 is 0 Å². The summed E-state index contributed by atoms with van der Waals surface area (Å²) in [5.41, 5.74) is 0. The second-order valence-electron chi connectivity index (χ2n) is 0.408. The molecule has 0 aromatic heterocycles. The molecule has 43 valence electrons. The Bertz CT molecular complexity index is 93.6. The number of rotatable bonds is 0. The van der Waals surface area contributed by atoms with E-state index in [0.717, 1.165) is 0 Å². The summed E-state index contributed by atoms with van der Waals surface area (Å²) in [6, 6.07) is 0. The molecular formula is Cr2NaO5. The van der Waals surface area contributed by atoms with E-state index in [9.17, 15) is 0 Å². The van der Waals surface area contributed by atoms with Gasteiger partial charge < -0.3 is 5.48 Å². The van der Waals surface area contributed by atoms with Gasteiger partial charge in [-0.1, -0.05) is 0 Å². The van der Waals surface area contributed by atoms with Gasteiger partial charge in [0.25, 0.3) is 0 Å². The molecule has 8 heavy (non-hydrogen) atoms. The van der Waals surface area contributed by atoms with Crippen LogP contribution in [-0.2, 0) is 44.1 Å². The molecule has 0 saturated carbocycles. The SMILES string of the molecule is [Cr+3].[Na+].[O-2].[O]=[Cr](=[O])([O-])[O-]. The standard InChI is InChI=1S/2Cr.Na.5O/q;+3;+1;;;-2;2*-1. The molecule has 0 saturated heterocycles. The van der Waals surface area contributed by atoms with Crippen molar-refractivity contribution in [3.8, 4) is 0 Å². The third-order valence-corrected chi connectivity index (χ3v) is 0. The van der Waals surface area contributed by atoms with E-state index in [1.165, 1.54) is 0 Å². The summed E-state index contributed by atoms with van der Waals surface area (Å²) in [4.78, 5) is 0. The molecule has 0 spiro atoms. The van der Waals surface area contributed by atoms with Gasteiger partial charge in [-0.3, -0.25) is 0 Å². The Balaban J connectivity index is -0.0000000267. The monoisotopic (exact) mass is 207 g/mol. The molecule has 0 rings (SSSR count). The van der Waals surface area contributed by atoms with Crippen LogP contribution >= 0.6 is 0 Å². The third kappa shape index (κ3) is 135. The first-order chi connectivity index (χ1) is 2.00. The molecule has 0 heterocycles. The van der Waals surface area contributed by atoms with Gasteiger partial charge in [-0.05, 0) is 0 Å². The van der Waals surface area contributed by atoms with Gasteiger partial charge in [0, 0.05) is 0 Å². The van der Waals surface area contributed by atoms with E-state index in [2.05, 4.69) is 0 Å². The first-order valence-corrected chi connectivity index (χ1v) is 2.75. The predicted octanol–water partition coefficient (Wildman–Crippen LogP) is -5.74. The van der Waals surface area contributed by atoms with Crippen molar-refractivity contribution in [3.63, 3.8) is 0 Å². The van der Waals surface area contributed by atoms with Crippen molar-refractivity contribution in [2.75, 3.05) is 0 Å². The van der Waals surface area contributed by atoms with Crippen molar-refractivity contribution in [3.05, 3.63) is 0 Å². The van der Waals surface area contributed by atoms with E-state index in [4.69, 9.17) is 15.9 Å². The Morgan fingerprint density at radius 1 is 1.12 bits per heavy atom. The van der Waals surface area contributed by atoms with E-state index in [1.807, 2.05) is 0 Å². The maximum absolute atomic E-state index is 8.59. The van der Waals surface area contributed by atoms with Crippen LogP contribution in [0.1, 0.15) is 0 Å². The summed E-state index contributed by atoms with van der Waals surface area (Å²) >= 11 is -5.75. The van der Waals surface area contributed by atoms with Crippen molar-refractivity contribution in [1.82, 2.24) is 0 Å². The van der Waals surface area contributed by atoms with Gasteiger partial charge >= 0.3 is 76.5 Å². The minimum absolute atomic E-state index is 0. The van der Waals surface area contributed by atoms with Crippen LogP contribution in [0.5, 0.6) is 0 Å². The zero-order valence-corrected chi connectivity index (χ0v) is 8.41. The molecule has 0 atom stereocenters. The first kappa shape index (κ1) is 22.7. The van der Waals surface area contributed by atoms with Crippen LogP contribution in [0, 0.1) is 0 Å². The summed E-state index contributed by atoms with van der Waals surface area (Å²) in [5.74, 6) is 0. The molecule has 0 unspecified atom stereocenters. The fourth-order valence-corrected chi connectivity index (χ4v) is 0. The maximum atomic E-state index is 8.59. The van der Waals surface area contributed by atoms with Crippen LogP contribution in [0.3, 0.4) is 0 Å². The Labute approximate surface area is 81.2 Å². The number of hydrogen-bond acceptors (Lipinski definition) is 4. The van der Waals surface area contributed by atoms with E-state index in [0.29, 0.717) is 0 Å². The van der Waals surface area contributed by atoms with Crippen molar-refractivity contribution in [1.29, 1.82) is 0 Å². The van der Waals surface area contributed by atoms with Gasteiger partial charge in [0.1, 0.15) is 0 Å². The molecular weight excluding hydrogens is 207 g/mol. The van der Waals surface area contributed by atoms with Gasteiger partial charge in [0.15, 0.2) is 0 Å². The van der Waals surface area contributed by atoms with Crippen LogP contribution in [0.4, 0.5) is 0 Å². The van der Waals surface area contributed by atoms with Gasteiger partial charge in [-0.25, -0.2) is 0 Å². The zero-order valence-electron chi connectivity index (χ0n) is 3.86. The van der Waals surface area contributed by atoms with E-state index in [-0.39, 0.29) is 52.4 Å². The van der Waals surface area contributed by atoms with Gasteiger partial charge in [-0.15, -0.1) is 0 Å². The Hall–Kier alpha value is 1.54. The molecule has 0 aliphatic heterocycles. The van der Waals surface area contributed by atoms with Crippen molar-refractivity contribution < 1.29 is 81.9 Å². The Morgan fingerprint density at radius 2 is 1.12 bits per heavy atom. The zero-order chi connectivity index (χ0) is 4.50. The molecule has 0 N–H and O–H groups in total. The van der Waals surface area contributed by atoms with Gasteiger partial charge in [0.2, 0.25) is 0 Å². The Morgan fingerprint density at radius 3 is 1.12 bits per heavy atom. The molecule has 0 fully saturated rings. The third-order valence-electron chi connectivity index (χ3n) is 0. The first-order valence-electron chi connectivity index (χ1n) is 0.667. The van der Waals surface area contributed by atoms with Gasteiger partial charge in [-0.2, -0.15) is 0 Å². The molecule has 0 aliphatic rings. The topological polar surface area (TPSA) is 109 Å². The average Bonchev–Trinajstić information content (AvgIpc) is 0.722. The fourth-order valence-electron chi connectivity index (χ4n) is 0. The fraction of sp³-hybridized carbons (Fsp3) is 0. The normalized spacial score (nSPS) is 7.25. The molecule has 0 aromatic rings. The summed E-state index contributed by atoms with van der Waals surface area (Å²) in [5, 5.41) is 0. The Kier molecular flexibility index (Phi) is 24.2.